The maximum absolute atomic E-state index is 13.2. The highest BCUT2D eigenvalue weighted by atomic mass is 32.2. The highest BCUT2D eigenvalue weighted by Gasteiger charge is 2.62. The van der Waals surface area contributed by atoms with Crippen LogP contribution in [0.1, 0.15) is 124 Å². The van der Waals surface area contributed by atoms with Gasteiger partial charge in [-0.15, -0.1) is 15.5 Å². The molecule has 0 spiro atoms. The molecule has 572 valence electrons. The number of carbonyl (C=O) groups is 4. The molecule has 4 radical (unpaired) electrons. The number of esters is 2. The smallest absolute Gasteiger partial charge is 0.461 e. The minimum Gasteiger partial charge on any atom is -0.461 e. The van der Waals surface area contributed by atoms with Crippen molar-refractivity contribution in [1.29, 1.82) is 0 Å². The third-order valence-corrected chi connectivity index (χ3v) is 25.3. The Kier molecular flexibility index (Phi) is 30.4. The Morgan fingerprint density at radius 2 is 0.833 bits per heavy atom. The first-order chi connectivity index (χ1) is 51.1. The van der Waals surface area contributed by atoms with Crippen LogP contribution in [-0.4, -0.2) is 181 Å². The second kappa shape index (κ2) is 38.7. The van der Waals surface area contributed by atoms with Gasteiger partial charge in [-0.1, -0.05) is 123 Å². The second-order valence-corrected chi connectivity index (χ2v) is 34.2. The van der Waals surface area contributed by atoms with Crippen molar-refractivity contribution >= 4 is 89.7 Å². The molecule has 0 amide bonds. The summed E-state index contributed by atoms with van der Waals surface area (Å²) in [5, 5.41) is 9.00. The van der Waals surface area contributed by atoms with Gasteiger partial charge in [0.1, 0.15) is 23.6 Å². The van der Waals surface area contributed by atoms with Gasteiger partial charge in [-0.25, -0.2) is 28.7 Å². The van der Waals surface area contributed by atoms with Crippen LogP contribution in [-0.2, 0) is 55.1 Å². The first kappa shape index (κ1) is 84.9. The molecule has 17 rings (SSSR count). The van der Waals surface area contributed by atoms with Crippen LogP contribution in [0.3, 0.4) is 0 Å². The summed E-state index contributed by atoms with van der Waals surface area (Å²) in [6.45, 7) is 4.93. The van der Waals surface area contributed by atoms with E-state index in [1.807, 2.05) is 7.05 Å². The van der Waals surface area contributed by atoms with Crippen LogP contribution in [0.25, 0.3) is 0 Å². The van der Waals surface area contributed by atoms with Gasteiger partial charge in [-0.3, -0.25) is 6.39 Å². The molecule has 2 aliphatic heterocycles. The topological polar surface area (TPSA) is 159 Å². The van der Waals surface area contributed by atoms with Crippen LogP contribution in [0.2, 0.25) is 0 Å². The van der Waals surface area contributed by atoms with E-state index in [1.165, 1.54) is 52.7 Å². The van der Waals surface area contributed by atoms with E-state index in [2.05, 4.69) is 204 Å². The molecule has 10 aliphatic rings. The Bertz CT molecular complexity index is 3540. The van der Waals surface area contributed by atoms with Gasteiger partial charge in [0.05, 0.1) is 41.1 Å². The van der Waals surface area contributed by atoms with Gasteiger partial charge in [-0.05, 0) is 229 Å². The minimum absolute atomic E-state index is 0. The molecule has 6 aromatic carbocycles. The van der Waals surface area contributed by atoms with Crippen molar-refractivity contribution in [3.8, 4) is 0 Å². The van der Waals surface area contributed by atoms with E-state index in [0.717, 1.165) is 122 Å². The van der Waals surface area contributed by atoms with Crippen LogP contribution in [0, 0.1) is 34.5 Å². The summed E-state index contributed by atoms with van der Waals surface area (Å²) in [5.41, 5.74) is -1.97. The Hall–Kier alpha value is -7.10. The van der Waals surface area contributed by atoms with Crippen molar-refractivity contribution in [2.75, 3.05) is 53.5 Å². The van der Waals surface area contributed by atoms with Crippen LogP contribution in [0.15, 0.2) is 230 Å². The highest BCUT2D eigenvalue weighted by Crippen LogP contribution is 2.64. The fourth-order valence-corrected chi connectivity index (χ4v) is 21.4. The molecule has 8 aliphatic carbocycles. The number of nitrogens with zero attached hydrogens (tertiary/aromatic N) is 4. The van der Waals surface area contributed by atoms with Gasteiger partial charge >= 0.3 is 36.0 Å². The van der Waals surface area contributed by atoms with Crippen LogP contribution < -0.4 is 0 Å². The van der Waals surface area contributed by atoms with Crippen molar-refractivity contribution in [1.82, 2.24) is 19.4 Å². The number of aliphatic hydroxyl groups excluding tert-OH is 1. The van der Waals surface area contributed by atoms with Crippen molar-refractivity contribution in [3.63, 3.8) is 0 Å². The van der Waals surface area contributed by atoms with Crippen molar-refractivity contribution < 1.29 is 65.5 Å². The standard InChI is InChI=1S/C21H31F2NO5.C18H22F2N2O4.2C18H15S.C6H13NO.CH4.B6H6/c1-19(22,23)17(25)27-13-20-8-14-7-15(9-20)11-21(10-14,12-20)29-18(26)28-16-3-5-24(2)6-4-16;1-16(19,20)14(23)25-10-17-5-12-4-13(6-17)8-18(7-12,9-17)26-15(24)22-3-2-21-11-22;2*1-4-10-16(11-5-1)19(17-12-6-2-7-13-17)18-14-8-3-9-15-18;1-7-4-2-6(8)3-5-7;;1-5(2)6(3)4/h14-16H,3-13H2,1-2H3;2-3,11-13H,4-10H2,1H3;2*1-15H;6,8H,2-5H2,1H3;1H4;1-2H3/q;;2*+1;;;-2. The number of imidazole rings is 1. The minimum atomic E-state index is -3.49. The molecule has 1 aromatic heterocycles. The lowest BCUT2D eigenvalue weighted by Gasteiger charge is -2.60. The number of hydrogen-bond acceptors (Lipinski definition) is 13. The number of carbonyl (C=O) groups excluding carboxylic acids is 4. The van der Waals surface area contributed by atoms with Gasteiger partial charge in [0.2, 0.25) is 0 Å². The lowest BCUT2D eigenvalue weighted by molar-refractivity contribution is -0.202. The Morgan fingerprint density at radius 3 is 1.11 bits per heavy atom. The molecule has 108 heavy (non-hydrogen) atoms. The lowest BCUT2D eigenvalue weighted by atomic mass is 8.81. The molecule has 8 saturated carbocycles. The molecule has 4 atom stereocenters. The van der Waals surface area contributed by atoms with Gasteiger partial charge in [0.15, 0.2) is 29.4 Å². The van der Waals surface area contributed by atoms with Gasteiger partial charge < -0.3 is 38.6 Å². The number of alkyl halides is 4. The predicted molar refractivity (Wildman–Crippen MR) is 430 cm³/mol. The maximum Gasteiger partial charge on any atom is 0.509 e. The molecule has 4 unspecified atom stereocenters. The summed E-state index contributed by atoms with van der Waals surface area (Å²) in [4.78, 5) is 64.5. The number of aliphatic hydroxyl groups is 1. The third-order valence-electron chi connectivity index (χ3n) is 20.8. The fraction of sp³-hybridized carbons (Fsp3) is 0.476. The SMILES string of the molecule is C.CC(F)(F)C(=O)OCC12CC3CC(C1)CC(OC(=O)n1ccnc1)(C3)C2.CN1CCC(O)CC1.CN1CCC(OC(=O)OC23CC4CC(CC(COC(=O)C(C)(F)F)(C4)C2)C3)CC1.[B]B([B])B([BH3-])[BH3-].c1ccc([S+](c2ccccc2)c2ccccc2)cc1.c1ccc([S+](c2ccccc2)c2ccccc2)cc1. The molecular weight excluding hydrogens is 1410 g/mol. The van der Waals surface area contributed by atoms with Crippen molar-refractivity contribution in [3.05, 3.63) is 201 Å². The molecule has 7 aromatic rings. The molecule has 2 saturated heterocycles. The largest absolute Gasteiger partial charge is 0.509 e. The summed E-state index contributed by atoms with van der Waals surface area (Å²) in [5.74, 6) is -8.48. The summed E-state index contributed by atoms with van der Waals surface area (Å²) >= 11 is 0. The third kappa shape index (κ3) is 24.2. The number of benzene rings is 6. The quantitative estimate of drug-likeness (QED) is 0.0321. The van der Waals surface area contributed by atoms with Crippen molar-refractivity contribution in [2.24, 2.45) is 34.5 Å². The van der Waals surface area contributed by atoms with E-state index >= 15 is 0 Å². The van der Waals surface area contributed by atoms with Crippen molar-refractivity contribution in [2.45, 2.75) is 189 Å². The first-order valence-corrected chi connectivity index (χ1v) is 38.9. The number of hydrogen-bond donors (Lipinski definition) is 1. The van der Waals surface area contributed by atoms with E-state index in [4.69, 9.17) is 44.3 Å². The van der Waals surface area contributed by atoms with E-state index in [-0.39, 0.29) is 71.9 Å². The normalized spacial score (nSPS) is 24.6. The number of piperidine rings is 2. The molecule has 14 nitrogen and oxygen atoms in total. The summed E-state index contributed by atoms with van der Waals surface area (Å²) in [6, 6.07) is 64.3. The van der Waals surface area contributed by atoms with Crippen LogP contribution >= 0.6 is 0 Å². The number of rotatable bonds is 16. The molecule has 10 fully saturated rings. The Labute approximate surface area is 648 Å². The van der Waals surface area contributed by atoms with Gasteiger partial charge in [-0.2, -0.15) is 17.6 Å². The zero-order chi connectivity index (χ0) is 76.4. The zero-order valence-corrected chi connectivity index (χ0v) is 62.3. The Morgan fingerprint density at radius 1 is 0.528 bits per heavy atom. The number of likely N-dealkylation sites (tertiary alicyclic amines) is 2. The number of halogens is 4. The van der Waals surface area contributed by atoms with E-state index in [1.54, 1.807) is 0 Å². The molecule has 8 bridgehead atoms. The highest BCUT2D eigenvalue weighted by molar-refractivity contribution is 7.97. The Balaban J connectivity index is 0.000000158. The van der Waals surface area contributed by atoms with Gasteiger partial charge in [0.25, 0.3) is 0 Å². The predicted octanol–water partition coefficient (Wildman–Crippen LogP) is 13.6. The molecular formula is C82H106B6F4N4O10S2. The van der Waals surface area contributed by atoms with E-state index < -0.39 is 47.2 Å². The monoisotopic (exact) mass is 1510 g/mol. The summed E-state index contributed by atoms with van der Waals surface area (Å²) < 4.78 is 81.3. The summed E-state index contributed by atoms with van der Waals surface area (Å²) in [6.07, 6.45) is 17.4. The average molecular weight is 1510 g/mol. The first-order valence-electron chi connectivity index (χ1n) is 36.5. The number of ether oxygens (including phenoxy) is 5. The van der Waals surface area contributed by atoms with Crippen LogP contribution in [0.5, 0.6) is 0 Å². The fourth-order valence-electron chi connectivity index (χ4n) is 17.2. The lowest BCUT2D eigenvalue weighted by Crippen LogP contribution is -2.59. The van der Waals surface area contributed by atoms with Gasteiger partial charge in [0, 0.05) is 63.3 Å². The maximum atomic E-state index is 13.2. The van der Waals surface area contributed by atoms with E-state index in [0.29, 0.717) is 65.8 Å². The molecule has 1 N–H and O–H groups in total. The second-order valence-electron chi connectivity index (χ2n) is 30.1. The van der Waals surface area contributed by atoms with Crippen LogP contribution in [0.4, 0.5) is 27.2 Å². The van der Waals surface area contributed by atoms with E-state index in [9.17, 15) is 36.7 Å². The molecule has 3 heterocycles. The summed E-state index contributed by atoms with van der Waals surface area (Å²) in [7, 11) is 15.8. The molecule has 26 heteroatoms. The average Bonchev–Trinajstić information content (AvgIpc) is 0.741. The number of aromatic nitrogens is 2. The zero-order valence-electron chi connectivity index (χ0n) is 60.6.